The molecule has 1 atom stereocenters. The van der Waals surface area contributed by atoms with E-state index in [1.807, 2.05) is 17.2 Å². The quantitative estimate of drug-likeness (QED) is 0.199. The number of nitrogens with zero attached hydrogens (tertiary/aromatic N) is 3. The SMILES string of the molecule is CCCN(CCC(C)CCc1cncc(O[C@H]2CC[C@H](Nc3ccc([N+](=O)[O-])c(C(F)(F)F)c3)CC2)c1)C(=O)NC. The Kier molecular flexibility index (Phi) is 11.6. The number of nitro groups is 1. The maximum atomic E-state index is 13.3. The van der Waals surface area contributed by atoms with Crippen LogP contribution in [0.15, 0.2) is 36.7 Å². The predicted molar refractivity (Wildman–Crippen MR) is 151 cm³/mol. The van der Waals surface area contributed by atoms with Crippen molar-refractivity contribution in [3.8, 4) is 5.75 Å². The van der Waals surface area contributed by atoms with Gasteiger partial charge in [0.05, 0.1) is 17.2 Å². The van der Waals surface area contributed by atoms with Gasteiger partial charge >= 0.3 is 12.2 Å². The molecule has 2 N–H and O–H groups in total. The molecule has 12 heteroatoms. The van der Waals surface area contributed by atoms with Crippen molar-refractivity contribution in [3.05, 3.63) is 57.9 Å². The Bertz CT molecular complexity index is 1160. The number of benzene rings is 1. The van der Waals surface area contributed by atoms with E-state index < -0.39 is 22.4 Å². The van der Waals surface area contributed by atoms with E-state index in [2.05, 4.69) is 29.5 Å². The van der Waals surface area contributed by atoms with Crippen LogP contribution in [0, 0.1) is 16.0 Å². The highest BCUT2D eigenvalue weighted by molar-refractivity contribution is 5.73. The second-order valence-electron chi connectivity index (χ2n) is 10.7. The molecule has 41 heavy (non-hydrogen) atoms. The molecular formula is C29H40F3N5O4. The second kappa shape index (κ2) is 14.9. The van der Waals surface area contributed by atoms with Gasteiger partial charge in [-0.15, -0.1) is 0 Å². The van der Waals surface area contributed by atoms with Gasteiger partial charge < -0.3 is 20.3 Å². The first-order valence-corrected chi connectivity index (χ1v) is 14.2. The van der Waals surface area contributed by atoms with Gasteiger partial charge in [0.1, 0.15) is 11.3 Å². The van der Waals surface area contributed by atoms with Crippen molar-refractivity contribution in [2.75, 3.05) is 25.5 Å². The van der Waals surface area contributed by atoms with Gasteiger partial charge in [-0.1, -0.05) is 13.8 Å². The number of pyridine rings is 1. The highest BCUT2D eigenvalue weighted by Crippen LogP contribution is 2.38. The summed E-state index contributed by atoms with van der Waals surface area (Å²) >= 11 is 0. The van der Waals surface area contributed by atoms with Gasteiger partial charge in [-0.05, 0) is 81.0 Å². The van der Waals surface area contributed by atoms with Crippen LogP contribution in [0.3, 0.4) is 0 Å². The fourth-order valence-electron chi connectivity index (χ4n) is 5.11. The number of nitro benzene ring substituents is 1. The minimum absolute atomic E-state index is 0.0270. The third-order valence-electron chi connectivity index (χ3n) is 7.43. The highest BCUT2D eigenvalue weighted by Gasteiger charge is 2.38. The highest BCUT2D eigenvalue weighted by atomic mass is 19.4. The number of aryl methyl sites for hydroxylation is 1. The number of nitrogens with one attached hydrogen (secondary N) is 2. The Morgan fingerprint density at radius 3 is 2.54 bits per heavy atom. The van der Waals surface area contributed by atoms with Crippen LogP contribution in [-0.2, 0) is 12.6 Å². The van der Waals surface area contributed by atoms with E-state index in [-0.39, 0.29) is 23.9 Å². The lowest BCUT2D eigenvalue weighted by Gasteiger charge is -2.30. The second-order valence-corrected chi connectivity index (χ2v) is 10.7. The van der Waals surface area contributed by atoms with Crippen molar-refractivity contribution in [2.45, 2.75) is 83.5 Å². The molecule has 0 aliphatic heterocycles. The number of aromatic nitrogens is 1. The molecule has 1 unspecified atom stereocenters. The summed E-state index contributed by atoms with van der Waals surface area (Å²) in [4.78, 5) is 28.2. The van der Waals surface area contributed by atoms with Crippen molar-refractivity contribution >= 4 is 17.4 Å². The molecular weight excluding hydrogens is 539 g/mol. The molecule has 2 amide bonds. The van der Waals surface area contributed by atoms with E-state index >= 15 is 0 Å². The van der Waals surface area contributed by atoms with Crippen molar-refractivity contribution in [1.82, 2.24) is 15.2 Å². The van der Waals surface area contributed by atoms with Crippen LogP contribution in [0.4, 0.5) is 29.3 Å². The number of anilines is 1. The number of hydrogen-bond donors (Lipinski definition) is 2. The summed E-state index contributed by atoms with van der Waals surface area (Å²) in [6.45, 7) is 5.71. The summed E-state index contributed by atoms with van der Waals surface area (Å²) in [5.74, 6) is 1.14. The van der Waals surface area contributed by atoms with Gasteiger partial charge in [-0.2, -0.15) is 13.2 Å². The van der Waals surface area contributed by atoms with Gasteiger partial charge in [-0.25, -0.2) is 4.79 Å². The molecule has 0 bridgehead atoms. The van der Waals surface area contributed by atoms with Crippen LogP contribution >= 0.6 is 0 Å². The number of hydrogen-bond acceptors (Lipinski definition) is 6. The lowest BCUT2D eigenvalue weighted by Crippen LogP contribution is -2.39. The van der Waals surface area contributed by atoms with Gasteiger partial charge in [0.15, 0.2) is 0 Å². The molecule has 0 radical (unpaired) electrons. The third-order valence-corrected chi connectivity index (χ3v) is 7.43. The predicted octanol–water partition coefficient (Wildman–Crippen LogP) is 6.82. The summed E-state index contributed by atoms with van der Waals surface area (Å²) in [5, 5.41) is 16.8. The fourth-order valence-corrected chi connectivity index (χ4v) is 5.11. The number of carbonyl (C=O) groups excluding carboxylic acids is 1. The topological polar surface area (TPSA) is 110 Å². The molecule has 0 spiro atoms. The minimum Gasteiger partial charge on any atom is -0.489 e. The summed E-state index contributed by atoms with van der Waals surface area (Å²) < 4.78 is 46.1. The van der Waals surface area contributed by atoms with Crippen molar-refractivity contribution in [1.29, 1.82) is 0 Å². The Morgan fingerprint density at radius 2 is 1.90 bits per heavy atom. The maximum absolute atomic E-state index is 13.3. The lowest BCUT2D eigenvalue weighted by molar-refractivity contribution is -0.388. The first-order chi connectivity index (χ1) is 19.5. The number of urea groups is 1. The number of halogens is 3. The van der Waals surface area contributed by atoms with Crippen LogP contribution in [0.2, 0.25) is 0 Å². The third kappa shape index (κ3) is 9.79. The average Bonchev–Trinajstić information content (AvgIpc) is 2.94. The largest absolute Gasteiger partial charge is 0.489 e. The maximum Gasteiger partial charge on any atom is 0.423 e. The Hall–Kier alpha value is -3.57. The van der Waals surface area contributed by atoms with Crippen LogP contribution in [-0.4, -0.2) is 53.1 Å². The average molecular weight is 580 g/mol. The van der Waals surface area contributed by atoms with Gasteiger partial charge in [0.2, 0.25) is 0 Å². The fraction of sp³-hybridized carbons (Fsp3) is 0.586. The van der Waals surface area contributed by atoms with E-state index in [0.717, 1.165) is 69.3 Å². The zero-order valence-electron chi connectivity index (χ0n) is 23.9. The monoisotopic (exact) mass is 579 g/mol. The van der Waals surface area contributed by atoms with Crippen LogP contribution in [0.25, 0.3) is 0 Å². The van der Waals surface area contributed by atoms with Crippen LogP contribution in [0.5, 0.6) is 5.75 Å². The summed E-state index contributed by atoms with van der Waals surface area (Å²) in [7, 11) is 1.65. The number of carbonyl (C=O) groups is 1. The molecule has 3 rings (SSSR count). The van der Waals surface area contributed by atoms with E-state index in [4.69, 9.17) is 4.74 Å². The molecule has 0 saturated heterocycles. The molecule has 1 fully saturated rings. The van der Waals surface area contributed by atoms with E-state index in [1.165, 1.54) is 6.07 Å². The Balaban J connectivity index is 1.46. The smallest absolute Gasteiger partial charge is 0.423 e. The van der Waals surface area contributed by atoms with Crippen LogP contribution < -0.4 is 15.4 Å². The molecule has 1 saturated carbocycles. The zero-order chi connectivity index (χ0) is 30.0. The first-order valence-electron chi connectivity index (χ1n) is 14.2. The van der Waals surface area contributed by atoms with Crippen molar-refractivity contribution in [3.63, 3.8) is 0 Å². The normalized spacial score (nSPS) is 17.9. The number of amides is 2. The lowest BCUT2D eigenvalue weighted by atomic mass is 9.92. The van der Waals surface area contributed by atoms with E-state index in [1.54, 1.807) is 13.2 Å². The number of ether oxygens (including phenoxy) is 1. The molecule has 1 aromatic heterocycles. The molecule has 1 aliphatic carbocycles. The van der Waals surface area contributed by atoms with Crippen LogP contribution in [0.1, 0.15) is 69.9 Å². The zero-order valence-corrected chi connectivity index (χ0v) is 23.9. The standard InChI is InChI=1S/C29H40F3N5O4/c1-4-14-36(28(38)33-3)15-13-20(2)5-6-21-16-25(19-34-18-21)41-24-10-7-22(8-11-24)35-23-9-12-27(37(39)40)26(17-23)29(30,31)32/h9,12,16-20,22,24,35H,4-8,10-11,13-15H2,1-3H3,(H,33,38)/t20?,22-,24-. The van der Waals surface area contributed by atoms with Crippen molar-refractivity contribution < 1.29 is 27.6 Å². The molecule has 9 nitrogen and oxygen atoms in total. The molecule has 1 heterocycles. The number of alkyl halides is 3. The molecule has 1 aliphatic rings. The van der Waals surface area contributed by atoms with Gasteiger partial charge in [-0.3, -0.25) is 15.1 Å². The number of rotatable bonds is 13. The van der Waals surface area contributed by atoms with Gasteiger partial charge in [0, 0.05) is 44.1 Å². The van der Waals surface area contributed by atoms with E-state index in [0.29, 0.717) is 24.5 Å². The summed E-state index contributed by atoms with van der Waals surface area (Å²) in [6, 6.07) is 4.93. The van der Waals surface area contributed by atoms with E-state index in [9.17, 15) is 28.1 Å². The summed E-state index contributed by atoms with van der Waals surface area (Å²) in [6.07, 6.45) is 5.18. The first kappa shape index (κ1) is 32.0. The Morgan fingerprint density at radius 1 is 1.17 bits per heavy atom. The summed E-state index contributed by atoms with van der Waals surface area (Å²) in [5.41, 5.74) is -0.913. The molecule has 1 aromatic carbocycles. The van der Waals surface area contributed by atoms with Crippen molar-refractivity contribution in [2.24, 2.45) is 5.92 Å². The molecule has 2 aromatic rings. The Labute approximate surface area is 239 Å². The minimum atomic E-state index is -4.81. The molecule has 226 valence electrons. The van der Waals surface area contributed by atoms with Gasteiger partial charge in [0.25, 0.3) is 5.69 Å².